The third kappa shape index (κ3) is 3.18. The summed E-state index contributed by atoms with van der Waals surface area (Å²) in [4.78, 5) is 45.1. The number of anilines is 1. The molecule has 3 aromatic heterocycles. The lowest BCUT2D eigenvalue weighted by molar-refractivity contribution is -0.117. The predicted octanol–water partition coefficient (Wildman–Crippen LogP) is 4.14. The normalized spacial score (nSPS) is 16.6. The maximum atomic E-state index is 13.1. The third-order valence-corrected chi connectivity index (χ3v) is 7.30. The van der Waals surface area contributed by atoms with Gasteiger partial charge in [-0.25, -0.2) is 9.78 Å². The number of hydrogen-bond acceptors (Lipinski definition) is 9. The van der Waals surface area contributed by atoms with E-state index in [1.54, 1.807) is 36.6 Å². The lowest BCUT2D eigenvalue weighted by Crippen LogP contribution is -2.30. The zero-order chi connectivity index (χ0) is 20.7. The molecule has 0 saturated carbocycles. The van der Waals surface area contributed by atoms with Crippen molar-refractivity contribution in [1.82, 2.24) is 4.98 Å². The third-order valence-electron chi connectivity index (χ3n) is 4.37. The minimum atomic E-state index is -0.826. The number of aryl methyl sites for hydroxylation is 1. The summed E-state index contributed by atoms with van der Waals surface area (Å²) in [6.07, 6.45) is 0. The van der Waals surface area contributed by atoms with Crippen LogP contribution in [0.3, 0.4) is 0 Å². The van der Waals surface area contributed by atoms with E-state index in [0.29, 0.717) is 15.4 Å². The van der Waals surface area contributed by atoms with Gasteiger partial charge in [-0.3, -0.25) is 14.5 Å². The van der Waals surface area contributed by atoms with Gasteiger partial charge in [0.1, 0.15) is 10.9 Å². The second-order valence-electron chi connectivity index (χ2n) is 6.06. The molecule has 1 amide bonds. The van der Waals surface area contributed by atoms with Gasteiger partial charge in [-0.05, 0) is 29.8 Å². The molecule has 1 aliphatic rings. The average Bonchev–Trinajstić information content (AvgIpc) is 3.49. The molecule has 10 heteroatoms. The molecule has 0 saturated heterocycles. The summed E-state index contributed by atoms with van der Waals surface area (Å²) >= 11 is 3.58. The van der Waals surface area contributed by atoms with Crippen molar-refractivity contribution in [3.63, 3.8) is 0 Å². The number of thiazole rings is 1. The molecule has 1 N–H and O–H groups in total. The Morgan fingerprint density at radius 2 is 1.93 bits per heavy atom. The Balaban J connectivity index is 1.84. The highest BCUT2D eigenvalue weighted by atomic mass is 32.1. The highest BCUT2D eigenvalue weighted by Crippen LogP contribution is 2.45. The zero-order valence-electron chi connectivity index (χ0n) is 15.2. The summed E-state index contributed by atoms with van der Waals surface area (Å²) in [7, 11) is 1.27. The summed E-state index contributed by atoms with van der Waals surface area (Å²) in [6, 6.07) is 6.15. The topological polar surface area (TPSA) is 96.8 Å². The standard InChI is InChI=1S/C19H14N2O5S3/c1-9-16(18(25)26-2)29-19(20-9)21-13(10-5-3-7-27-10)12(15(23)17(21)24)14(22)11-6-4-8-28-11/h3-8,13,23H,1-2H3. The number of nitrogens with zero attached hydrogens (tertiary/aromatic N) is 2. The maximum absolute atomic E-state index is 13.1. The van der Waals surface area contributed by atoms with E-state index in [0.717, 1.165) is 11.3 Å². The number of ether oxygens (including phenoxy) is 1. The molecule has 0 aromatic carbocycles. The van der Waals surface area contributed by atoms with Crippen LogP contribution in [0.25, 0.3) is 0 Å². The number of Topliss-reactive ketones (excluding diaryl/α,β-unsaturated/α-hetero) is 1. The van der Waals surface area contributed by atoms with E-state index < -0.39 is 29.5 Å². The van der Waals surface area contributed by atoms with Crippen molar-refractivity contribution >= 4 is 56.8 Å². The number of ketones is 1. The van der Waals surface area contributed by atoms with Gasteiger partial charge in [0.25, 0.3) is 5.91 Å². The van der Waals surface area contributed by atoms with Gasteiger partial charge >= 0.3 is 5.97 Å². The Hall–Kier alpha value is -2.82. The van der Waals surface area contributed by atoms with Gasteiger partial charge in [0.2, 0.25) is 5.78 Å². The Kier molecular flexibility index (Phi) is 5.07. The van der Waals surface area contributed by atoms with Crippen molar-refractivity contribution in [2.24, 2.45) is 0 Å². The number of esters is 1. The Labute approximate surface area is 177 Å². The number of aliphatic hydroxyl groups is 1. The monoisotopic (exact) mass is 446 g/mol. The molecular formula is C19H14N2O5S3. The van der Waals surface area contributed by atoms with Crippen molar-refractivity contribution in [3.8, 4) is 0 Å². The molecule has 4 heterocycles. The fourth-order valence-corrected chi connectivity index (χ4v) is 5.57. The van der Waals surface area contributed by atoms with Gasteiger partial charge in [0.15, 0.2) is 10.9 Å². The molecule has 148 valence electrons. The Morgan fingerprint density at radius 1 is 1.21 bits per heavy atom. The summed E-state index contributed by atoms with van der Waals surface area (Å²) in [5, 5.41) is 14.4. The maximum Gasteiger partial charge on any atom is 0.350 e. The van der Waals surface area contributed by atoms with E-state index in [-0.39, 0.29) is 15.6 Å². The van der Waals surface area contributed by atoms with Crippen LogP contribution in [-0.2, 0) is 9.53 Å². The second-order valence-corrected chi connectivity index (χ2v) is 8.97. The van der Waals surface area contributed by atoms with Crippen molar-refractivity contribution in [1.29, 1.82) is 0 Å². The van der Waals surface area contributed by atoms with E-state index in [9.17, 15) is 19.5 Å². The van der Waals surface area contributed by atoms with Gasteiger partial charge < -0.3 is 9.84 Å². The molecule has 1 unspecified atom stereocenters. The van der Waals surface area contributed by atoms with Crippen LogP contribution in [0, 0.1) is 6.92 Å². The Morgan fingerprint density at radius 3 is 2.55 bits per heavy atom. The van der Waals surface area contributed by atoms with Crippen LogP contribution in [0.1, 0.15) is 36.0 Å². The molecule has 1 aliphatic heterocycles. The van der Waals surface area contributed by atoms with Gasteiger partial charge in [0.05, 0.1) is 23.3 Å². The van der Waals surface area contributed by atoms with E-state index in [2.05, 4.69) is 4.98 Å². The van der Waals surface area contributed by atoms with Crippen LogP contribution in [0.5, 0.6) is 0 Å². The van der Waals surface area contributed by atoms with Crippen LogP contribution in [-0.4, -0.2) is 34.9 Å². The van der Waals surface area contributed by atoms with E-state index in [1.165, 1.54) is 34.7 Å². The first-order valence-electron chi connectivity index (χ1n) is 8.38. The number of methoxy groups -OCH3 is 1. The van der Waals surface area contributed by atoms with Gasteiger partial charge in [-0.15, -0.1) is 22.7 Å². The summed E-state index contributed by atoms with van der Waals surface area (Å²) in [5.74, 6) is -2.30. The highest BCUT2D eigenvalue weighted by Gasteiger charge is 2.46. The number of rotatable bonds is 5. The van der Waals surface area contributed by atoms with Crippen molar-refractivity contribution in [2.45, 2.75) is 13.0 Å². The lowest BCUT2D eigenvalue weighted by atomic mass is 10.0. The van der Waals surface area contributed by atoms with Gasteiger partial charge in [0, 0.05) is 4.88 Å². The first-order chi connectivity index (χ1) is 13.9. The highest BCUT2D eigenvalue weighted by molar-refractivity contribution is 7.17. The number of thiophene rings is 2. The van der Waals surface area contributed by atoms with Crippen LogP contribution >= 0.6 is 34.0 Å². The minimum absolute atomic E-state index is 0.00683. The first kappa shape index (κ1) is 19.5. The predicted molar refractivity (Wildman–Crippen MR) is 111 cm³/mol. The van der Waals surface area contributed by atoms with Crippen LogP contribution < -0.4 is 4.90 Å². The molecule has 0 fully saturated rings. The fraction of sp³-hybridized carbons (Fsp3) is 0.158. The Bertz CT molecular complexity index is 1130. The van der Waals surface area contributed by atoms with E-state index in [1.807, 2.05) is 5.38 Å². The molecule has 29 heavy (non-hydrogen) atoms. The molecular weight excluding hydrogens is 432 g/mol. The molecule has 0 spiro atoms. The SMILES string of the molecule is COC(=O)c1sc(N2C(=O)C(O)=C(C(=O)c3cccs3)C2c2cccs2)nc1C. The number of aliphatic hydroxyl groups excluding tert-OH is 1. The fourth-order valence-electron chi connectivity index (χ4n) is 3.06. The quantitative estimate of drug-likeness (QED) is 0.467. The molecule has 3 aromatic rings. The van der Waals surface area contributed by atoms with E-state index in [4.69, 9.17) is 4.74 Å². The van der Waals surface area contributed by atoms with Crippen LogP contribution in [0.2, 0.25) is 0 Å². The zero-order valence-corrected chi connectivity index (χ0v) is 17.7. The van der Waals surface area contributed by atoms with Crippen molar-refractivity contribution < 1.29 is 24.2 Å². The largest absolute Gasteiger partial charge is 0.503 e. The number of carbonyl (C=O) groups is 3. The van der Waals surface area contributed by atoms with Crippen LogP contribution in [0.15, 0.2) is 46.4 Å². The number of amides is 1. The van der Waals surface area contributed by atoms with Crippen LogP contribution in [0.4, 0.5) is 5.13 Å². The summed E-state index contributed by atoms with van der Waals surface area (Å²) < 4.78 is 4.77. The first-order valence-corrected chi connectivity index (χ1v) is 11.0. The molecule has 1 atom stereocenters. The van der Waals surface area contributed by atoms with E-state index >= 15 is 0 Å². The molecule has 0 bridgehead atoms. The van der Waals surface area contributed by atoms with Crippen molar-refractivity contribution in [3.05, 3.63) is 66.7 Å². The number of hydrogen-bond donors (Lipinski definition) is 1. The van der Waals surface area contributed by atoms with Crippen molar-refractivity contribution in [2.75, 3.05) is 12.0 Å². The van der Waals surface area contributed by atoms with Gasteiger partial charge in [-0.2, -0.15) is 0 Å². The molecule has 7 nitrogen and oxygen atoms in total. The summed E-state index contributed by atoms with van der Waals surface area (Å²) in [5.41, 5.74) is 0.416. The average molecular weight is 447 g/mol. The summed E-state index contributed by atoms with van der Waals surface area (Å²) in [6.45, 7) is 1.64. The number of aromatic nitrogens is 1. The molecule has 0 aliphatic carbocycles. The smallest absolute Gasteiger partial charge is 0.350 e. The number of carbonyl (C=O) groups excluding carboxylic acids is 3. The second kappa shape index (κ2) is 7.54. The lowest BCUT2D eigenvalue weighted by Gasteiger charge is -2.22. The molecule has 4 rings (SSSR count). The minimum Gasteiger partial charge on any atom is -0.503 e. The van der Waals surface area contributed by atoms with Gasteiger partial charge in [-0.1, -0.05) is 23.5 Å². The molecule has 0 radical (unpaired) electrons.